The second kappa shape index (κ2) is 11.0. The number of carbonyl (C=O) groups is 3. The van der Waals surface area contributed by atoms with Gasteiger partial charge in [0.2, 0.25) is 5.91 Å². The Balaban J connectivity index is 1.54. The summed E-state index contributed by atoms with van der Waals surface area (Å²) in [6, 6.07) is 0.630. The Kier molecular flexibility index (Phi) is 8.34. The Morgan fingerprint density at radius 3 is 2.53 bits per heavy atom. The number of likely N-dealkylation sites (tertiary alicyclic amines) is 1. The van der Waals surface area contributed by atoms with Crippen molar-refractivity contribution in [3.63, 3.8) is 0 Å². The minimum absolute atomic E-state index is 0.0224. The lowest BCUT2D eigenvalue weighted by atomic mass is 9.94. The molecule has 0 bridgehead atoms. The van der Waals surface area contributed by atoms with Gasteiger partial charge in [-0.05, 0) is 52.1 Å². The van der Waals surface area contributed by atoms with Gasteiger partial charge in [-0.15, -0.1) is 0 Å². The maximum absolute atomic E-state index is 13.1. The van der Waals surface area contributed by atoms with Crippen molar-refractivity contribution in [2.24, 2.45) is 5.92 Å². The average Bonchev–Trinajstić information content (AvgIpc) is 3.12. The van der Waals surface area contributed by atoms with Crippen molar-refractivity contribution in [2.75, 3.05) is 40.3 Å². The van der Waals surface area contributed by atoms with Gasteiger partial charge >= 0.3 is 5.97 Å². The summed E-state index contributed by atoms with van der Waals surface area (Å²) < 4.78 is 4.84. The first kappa shape index (κ1) is 24.3. The smallest absolute Gasteiger partial charge is 0.339 e. The van der Waals surface area contributed by atoms with Crippen LogP contribution in [0.4, 0.5) is 0 Å². The quantitative estimate of drug-likeness (QED) is 0.628. The van der Waals surface area contributed by atoms with Gasteiger partial charge in [0.25, 0.3) is 5.91 Å². The van der Waals surface area contributed by atoms with Gasteiger partial charge in [0, 0.05) is 37.9 Å². The molecule has 1 saturated heterocycles. The predicted molar refractivity (Wildman–Crippen MR) is 123 cm³/mol. The molecule has 2 aliphatic rings. The molecular weight excluding hydrogens is 408 g/mol. The van der Waals surface area contributed by atoms with Crippen LogP contribution in [-0.4, -0.2) is 78.9 Å². The predicted octanol–water partition coefficient (Wildman–Crippen LogP) is 2.65. The highest BCUT2D eigenvalue weighted by Gasteiger charge is 2.31. The number of aromatic nitrogens is 1. The maximum Gasteiger partial charge on any atom is 0.339 e. The minimum atomic E-state index is -0.454. The van der Waals surface area contributed by atoms with E-state index < -0.39 is 5.97 Å². The molecule has 1 atom stereocenters. The lowest BCUT2D eigenvalue weighted by Crippen LogP contribution is -2.47. The number of nitrogens with one attached hydrogen (secondary N) is 2. The number of aryl methyl sites for hydroxylation is 1. The largest absolute Gasteiger partial charge is 0.465 e. The number of aromatic amines is 1. The summed E-state index contributed by atoms with van der Waals surface area (Å²) in [6.07, 6.45) is 8.00. The zero-order chi connectivity index (χ0) is 23.3. The first-order valence-corrected chi connectivity index (χ1v) is 11.9. The minimum Gasteiger partial charge on any atom is -0.465 e. The van der Waals surface area contributed by atoms with Crippen LogP contribution < -0.4 is 5.32 Å². The Morgan fingerprint density at radius 1 is 1.12 bits per heavy atom. The van der Waals surface area contributed by atoms with E-state index in [1.165, 1.54) is 39.2 Å². The monoisotopic (exact) mass is 446 g/mol. The van der Waals surface area contributed by atoms with Crippen LogP contribution in [0.3, 0.4) is 0 Å². The van der Waals surface area contributed by atoms with E-state index in [9.17, 15) is 14.4 Å². The van der Waals surface area contributed by atoms with E-state index in [-0.39, 0.29) is 17.7 Å². The third-order valence-corrected chi connectivity index (χ3v) is 7.08. The fourth-order valence-electron chi connectivity index (χ4n) is 5.11. The average molecular weight is 447 g/mol. The number of likely N-dealkylation sites (N-methyl/N-ethyl adjacent to an activating group) is 1. The fourth-order valence-corrected chi connectivity index (χ4v) is 5.11. The maximum atomic E-state index is 13.1. The normalized spacial score (nSPS) is 19.8. The first-order chi connectivity index (χ1) is 15.3. The van der Waals surface area contributed by atoms with Crippen molar-refractivity contribution in [2.45, 2.75) is 64.8 Å². The summed E-state index contributed by atoms with van der Waals surface area (Å²) in [4.78, 5) is 45.1. The van der Waals surface area contributed by atoms with Crippen molar-refractivity contribution < 1.29 is 19.1 Å². The molecule has 1 saturated carbocycles. The fraction of sp³-hybridized carbons (Fsp3) is 0.708. The van der Waals surface area contributed by atoms with Crippen LogP contribution in [0.25, 0.3) is 0 Å². The first-order valence-electron chi connectivity index (χ1n) is 11.9. The molecule has 2 fully saturated rings. The van der Waals surface area contributed by atoms with E-state index in [0.29, 0.717) is 48.2 Å². The summed E-state index contributed by atoms with van der Waals surface area (Å²) in [5.41, 5.74) is 2.02. The van der Waals surface area contributed by atoms with Crippen LogP contribution in [-0.2, 0) is 9.53 Å². The van der Waals surface area contributed by atoms with Crippen LogP contribution in [0.1, 0.15) is 77.0 Å². The number of hydrogen-bond acceptors (Lipinski definition) is 5. The SMILES string of the molecule is COC(=O)c1c(C)[nH]c(C(=O)N2CCC[C@@H](C(=O)NCCN(C)C3CCCCC3)C2)c1C. The van der Waals surface area contributed by atoms with E-state index in [1.807, 2.05) is 0 Å². The van der Waals surface area contributed by atoms with Gasteiger partial charge < -0.3 is 24.8 Å². The molecule has 1 aromatic heterocycles. The second-order valence-electron chi connectivity index (χ2n) is 9.27. The number of esters is 1. The van der Waals surface area contributed by atoms with Gasteiger partial charge in [-0.2, -0.15) is 0 Å². The van der Waals surface area contributed by atoms with Crippen molar-refractivity contribution in [1.29, 1.82) is 0 Å². The van der Waals surface area contributed by atoms with Crippen molar-refractivity contribution in [3.05, 3.63) is 22.5 Å². The van der Waals surface area contributed by atoms with Crippen LogP contribution in [0, 0.1) is 19.8 Å². The molecule has 178 valence electrons. The van der Waals surface area contributed by atoms with Crippen LogP contribution in [0.5, 0.6) is 0 Å². The summed E-state index contributed by atoms with van der Waals surface area (Å²) in [6.45, 7) is 6.00. The highest BCUT2D eigenvalue weighted by Crippen LogP contribution is 2.24. The Hall–Kier alpha value is -2.35. The number of nitrogens with zero attached hydrogens (tertiary/aromatic N) is 2. The summed E-state index contributed by atoms with van der Waals surface area (Å²) in [5, 5.41) is 3.08. The number of methoxy groups -OCH3 is 1. The zero-order valence-electron chi connectivity index (χ0n) is 20.0. The molecule has 2 amide bonds. The van der Waals surface area contributed by atoms with Crippen LogP contribution in [0.2, 0.25) is 0 Å². The van der Waals surface area contributed by atoms with Crippen molar-refractivity contribution in [1.82, 2.24) is 20.1 Å². The molecule has 1 aliphatic heterocycles. The van der Waals surface area contributed by atoms with Gasteiger partial charge in [0.15, 0.2) is 0 Å². The molecule has 0 spiro atoms. The topological polar surface area (TPSA) is 94.7 Å². The molecule has 2 heterocycles. The second-order valence-corrected chi connectivity index (χ2v) is 9.27. The molecule has 8 nitrogen and oxygen atoms in total. The molecule has 32 heavy (non-hydrogen) atoms. The molecule has 2 N–H and O–H groups in total. The van der Waals surface area contributed by atoms with E-state index in [0.717, 1.165) is 19.4 Å². The van der Waals surface area contributed by atoms with E-state index in [2.05, 4.69) is 22.2 Å². The van der Waals surface area contributed by atoms with E-state index >= 15 is 0 Å². The molecule has 8 heteroatoms. The third kappa shape index (κ3) is 5.52. The number of rotatable bonds is 7. The molecule has 1 aromatic rings. The number of ether oxygens (including phenoxy) is 1. The Bertz CT molecular complexity index is 828. The van der Waals surface area contributed by atoms with Crippen LogP contribution >= 0.6 is 0 Å². The summed E-state index contributed by atoms with van der Waals surface area (Å²) >= 11 is 0. The Morgan fingerprint density at radius 2 is 1.84 bits per heavy atom. The molecule has 0 radical (unpaired) electrons. The molecule has 0 unspecified atom stereocenters. The summed E-state index contributed by atoms with van der Waals surface area (Å²) in [5.74, 6) is -0.807. The third-order valence-electron chi connectivity index (χ3n) is 7.08. The van der Waals surface area contributed by atoms with E-state index in [4.69, 9.17) is 4.74 Å². The highest BCUT2D eigenvalue weighted by atomic mass is 16.5. The zero-order valence-corrected chi connectivity index (χ0v) is 20.0. The van der Waals surface area contributed by atoms with Gasteiger partial charge in [-0.25, -0.2) is 4.79 Å². The molecule has 0 aromatic carbocycles. The molecular formula is C24H38N4O4. The van der Waals surface area contributed by atoms with Crippen molar-refractivity contribution >= 4 is 17.8 Å². The number of piperidine rings is 1. The standard InChI is InChI=1S/C24H38N4O4/c1-16-20(24(31)32-4)17(2)26-21(16)23(30)28-13-8-9-18(15-28)22(29)25-12-14-27(3)19-10-6-5-7-11-19/h18-19,26H,5-15H2,1-4H3,(H,25,29)/t18-/m1/s1. The lowest BCUT2D eigenvalue weighted by Gasteiger charge is -2.33. The van der Waals surface area contributed by atoms with Crippen molar-refractivity contribution in [3.8, 4) is 0 Å². The molecule has 1 aliphatic carbocycles. The van der Waals surface area contributed by atoms with Gasteiger partial charge in [-0.1, -0.05) is 19.3 Å². The number of H-pyrrole nitrogens is 1. The van der Waals surface area contributed by atoms with Crippen LogP contribution in [0.15, 0.2) is 0 Å². The van der Waals surface area contributed by atoms with E-state index in [1.54, 1.807) is 18.7 Å². The molecule has 3 rings (SSSR count). The lowest BCUT2D eigenvalue weighted by molar-refractivity contribution is -0.126. The number of hydrogen-bond donors (Lipinski definition) is 2. The summed E-state index contributed by atoms with van der Waals surface area (Å²) in [7, 11) is 3.48. The highest BCUT2D eigenvalue weighted by molar-refractivity contribution is 6.00. The van der Waals surface area contributed by atoms with Gasteiger partial charge in [0.05, 0.1) is 18.6 Å². The van der Waals surface area contributed by atoms with Gasteiger partial charge in [0.1, 0.15) is 5.69 Å². The Labute approximate surface area is 191 Å². The van der Waals surface area contributed by atoms with Gasteiger partial charge in [-0.3, -0.25) is 9.59 Å². The number of amides is 2. The number of carbonyl (C=O) groups excluding carboxylic acids is 3.